The van der Waals surface area contributed by atoms with Crippen molar-refractivity contribution in [2.45, 2.75) is 103 Å². The molecule has 5 unspecified atom stereocenters. The van der Waals surface area contributed by atoms with Crippen LogP contribution in [0.3, 0.4) is 0 Å². The topological polar surface area (TPSA) is 193 Å². The summed E-state index contributed by atoms with van der Waals surface area (Å²) in [5.74, 6) is 2.47. The summed E-state index contributed by atoms with van der Waals surface area (Å²) < 4.78 is 22.4. The normalized spacial score (nSPS) is 22.7. The Morgan fingerprint density at radius 3 is 1.50 bits per heavy atom. The number of carbonyl (C=O) groups excluding carboxylic acids is 4. The Morgan fingerprint density at radius 2 is 1.13 bits per heavy atom. The predicted octanol–water partition coefficient (Wildman–Crippen LogP) is 4.57. The van der Waals surface area contributed by atoms with Gasteiger partial charge in [0.2, 0.25) is 11.8 Å². The largest absolute Gasteiger partial charge is 0.483 e. The molecule has 16 nitrogen and oxygen atoms in total. The van der Waals surface area contributed by atoms with Gasteiger partial charge in [0.1, 0.15) is 47.4 Å². The zero-order chi connectivity index (χ0) is 38.3. The van der Waals surface area contributed by atoms with E-state index in [9.17, 15) is 19.2 Å². The lowest BCUT2D eigenvalue weighted by atomic mass is 10.0. The van der Waals surface area contributed by atoms with Crippen LogP contribution in [0.4, 0.5) is 9.59 Å². The molecule has 3 aromatic rings. The molecular weight excluding hydrogens is 696 g/mol. The van der Waals surface area contributed by atoms with Crippen molar-refractivity contribution in [3.8, 4) is 11.5 Å². The van der Waals surface area contributed by atoms with Gasteiger partial charge in [0, 0.05) is 37.1 Å². The molecule has 6 atom stereocenters. The van der Waals surface area contributed by atoms with Gasteiger partial charge < -0.3 is 49.3 Å². The van der Waals surface area contributed by atoms with Crippen LogP contribution in [0.15, 0.2) is 24.5 Å². The quantitative estimate of drug-likeness (QED) is 0.228. The SMILES string of the molecule is COC(=O)NC(C(=O)N1CCCC1c1ncc(C2Cc3cc4c(cc3O2)CC(c2cnc(C3CCCN3C(=O)[C@@H](NC(=O)OC)C(C)C)[nH]2)O4)[nH]1)C(C)C. The molecule has 1 aromatic carbocycles. The third-order valence-corrected chi connectivity index (χ3v) is 11.0. The zero-order valence-corrected chi connectivity index (χ0v) is 31.6. The van der Waals surface area contributed by atoms with Crippen molar-refractivity contribution in [2.75, 3.05) is 27.3 Å². The number of aromatic amines is 2. The molecule has 290 valence electrons. The number of nitrogens with one attached hydrogen (secondary N) is 4. The van der Waals surface area contributed by atoms with Crippen molar-refractivity contribution in [1.82, 2.24) is 40.4 Å². The van der Waals surface area contributed by atoms with Gasteiger partial charge in [-0.2, -0.15) is 0 Å². The molecule has 0 aliphatic carbocycles. The van der Waals surface area contributed by atoms with Crippen LogP contribution in [0.1, 0.15) is 112 Å². The lowest BCUT2D eigenvalue weighted by Crippen LogP contribution is -2.51. The number of imidazole rings is 2. The van der Waals surface area contributed by atoms with Crippen molar-refractivity contribution in [2.24, 2.45) is 11.8 Å². The fourth-order valence-electron chi connectivity index (χ4n) is 8.07. The Morgan fingerprint density at radius 1 is 0.722 bits per heavy atom. The fraction of sp³-hybridized carbons (Fsp3) is 0.579. The van der Waals surface area contributed by atoms with Gasteiger partial charge in [-0.15, -0.1) is 0 Å². The Labute approximate surface area is 314 Å². The van der Waals surface area contributed by atoms with E-state index in [2.05, 4.69) is 42.7 Å². The predicted molar refractivity (Wildman–Crippen MR) is 193 cm³/mol. The molecular formula is C38H50N8O8. The van der Waals surface area contributed by atoms with E-state index in [0.29, 0.717) is 37.6 Å². The maximum absolute atomic E-state index is 13.6. The minimum Gasteiger partial charge on any atom is -0.483 e. The van der Waals surface area contributed by atoms with Gasteiger partial charge in [-0.3, -0.25) is 9.59 Å². The van der Waals surface area contributed by atoms with Crippen LogP contribution in [-0.4, -0.2) is 93.1 Å². The van der Waals surface area contributed by atoms with Gasteiger partial charge in [-0.25, -0.2) is 19.6 Å². The molecule has 4 aliphatic heterocycles. The highest BCUT2D eigenvalue weighted by atomic mass is 16.5. The van der Waals surface area contributed by atoms with Crippen molar-refractivity contribution < 1.29 is 38.1 Å². The number of carbonyl (C=O) groups is 4. The number of rotatable bonds is 10. The highest BCUT2D eigenvalue weighted by Crippen LogP contribution is 2.45. The van der Waals surface area contributed by atoms with Gasteiger partial charge in [0.05, 0.1) is 50.1 Å². The fourth-order valence-corrected chi connectivity index (χ4v) is 8.07. The Kier molecular flexibility index (Phi) is 10.4. The summed E-state index contributed by atoms with van der Waals surface area (Å²) >= 11 is 0. The average Bonchev–Trinajstić information content (AvgIpc) is 4.00. The molecule has 4 aliphatic rings. The standard InChI is InChI=1S/C38H50N8O8/c1-19(2)31(43-37(49)51-5)35(47)45-11-7-9-25(45)33-39-17-23(41-33)29-15-21-13-28-22(14-27(21)53-29)16-30(54-28)24-18-40-34(42-24)26-10-8-12-46(26)36(48)32(20(3)4)44-38(50)52-6/h13-14,17-20,25-26,29-32H,7-12,15-16H2,1-6H3,(H,39,41)(H,40,42)(H,43,49)(H,44,50)/t25?,26?,29?,30?,31-,32?/m0/s1. The third kappa shape index (κ3) is 7.17. The van der Waals surface area contributed by atoms with Crippen molar-refractivity contribution in [3.05, 3.63) is 58.7 Å². The second-order valence-corrected chi connectivity index (χ2v) is 15.2. The van der Waals surface area contributed by atoms with Gasteiger partial charge in [0.25, 0.3) is 0 Å². The molecule has 2 aromatic heterocycles. The number of hydrogen-bond acceptors (Lipinski definition) is 10. The van der Waals surface area contributed by atoms with Crippen molar-refractivity contribution >= 4 is 24.0 Å². The molecule has 4 N–H and O–H groups in total. The zero-order valence-electron chi connectivity index (χ0n) is 31.6. The number of benzene rings is 1. The summed E-state index contributed by atoms with van der Waals surface area (Å²) in [4.78, 5) is 70.9. The number of likely N-dealkylation sites (tertiary alicyclic amines) is 2. The molecule has 16 heteroatoms. The maximum Gasteiger partial charge on any atom is 0.407 e. The van der Waals surface area contributed by atoms with Crippen LogP contribution in [0.25, 0.3) is 0 Å². The Balaban J connectivity index is 0.986. The third-order valence-electron chi connectivity index (χ3n) is 11.0. The molecule has 2 fully saturated rings. The smallest absolute Gasteiger partial charge is 0.407 e. The maximum atomic E-state index is 13.6. The van der Waals surface area contributed by atoms with E-state index in [1.165, 1.54) is 14.2 Å². The van der Waals surface area contributed by atoms with E-state index in [0.717, 1.165) is 59.7 Å². The first kappa shape index (κ1) is 37.1. The number of alkyl carbamates (subject to hydrolysis) is 2. The lowest BCUT2D eigenvalue weighted by molar-refractivity contribution is -0.136. The molecule has 54 heavy (non-hydrogen) atoms. The molecule has 0 radical (unpaired) electrons. The summed E-state index contributed by atoms with van der Waals surface area (Å²) in [6, 6.07) is 2.24. The van der Waals surface area contributed by atoms with Crippen LogP contribution in [0, 0.1) is 11.8 Å². The molecule has 7 rings (SSSR count). The summed E-state index contributed by atoms with van der Waals surface area (Å²) in [7, 11) is 2.57. The number of ether oxygens (including phenoxy) is 4. The van der Waals surface area contributed by atoms with E-state index in [4.69, 9.17) is 18.9 Å². The molecule has 0 spiro atoms. The summed E-state index contributed by atoms with van der Waals surface area (Å²) in [6.07, 6.45) is 6.24. The number of aromatic nitrogens is 4. The van der Waals surface area contributed by atoms with Gasteiger partial charge in [-0.05, 0) is 49.7 Å². The minimum absolute atomic E-state index is 0.116. The molecule has 0 bridgehead atoms. The first-order chi connectivity index (χ1) is 25.9. The van der Waals surface area contributed by atoms with E-state index >= 15 is 0 Å². The van der Waals surface area contributed by atoms with Crippen LogP contribution in [-0.2, 0) is 31.9 Å². The van der Waals surface area contributed by atoms with Crippen LogP contribution in [0.5, 0.6) is 11.5 Å². The summed E-state index contributed by atoms with van der Waals surface area (Å²) in [6.45, 7) is 8.74. The van der Waals surface area contributed by atoms with Gasteiger partial charge >= 0.3 is 12.2 Å². The molecule has 6 heterocycles. The van der Waals surface area contributed by atoms with E-state index in [-0.39, 0.29) is 47.9 Å². The second-order valence-electron chi connectivity index (χ2n) is 15.2. The number of amides is 4. The number of methoxy groups -OCH3 is 2. The Bertz CT molecular complexity index is 1720. The average molecular weight is 747 g/mol. The molecule has 4 amide bonds. The first-order valence-electron chi connectivity index (χ1n) is 18.8. The monoisotopic (exact) mass is 746 g/mol. The van der Waals surface area contributed by atoms with E-state index in [1.807, 2.05) is 27.7 Å². The second kappa shape index (κ2) is 15.2. The Hall–Kier alpha value is -5.28. The van der Waals surface area contributed by atoms with Crippen molar-refractivity contribution in [3.63, 3.8) is 0 Å². The molecule has 2 saturated heterocycles. The molecule has 0 saturated carbocycles. The van der Waals surface area contributed by atoms with E-state index < -0.39 is 24.3 Å². The number of H-pyrrole nitrogens is 2. The minimum atomic E-state index is -0.701. The number of hydrogen-bond donors (Lipinski definition) is 4. The number of fused-ring (bicyclic) bond motifs is 2. The summed E-state index contributed by atoms with van der Waals surface area (Å²) in [5.41, 5.74) is 3.73. The van der Waals surface area contributed by atoms with Crippen molar-refractivity contribution in [1.29, 1.82) is 0 Å². The highest BCUT2D eigenvalue weighted by molar-refractivity contribution is 5.87. The summed E-state index contributed by atoms with van der Waals surface area (Å²) in [5, 5.41) is 5.38. The highest BCUT2D eigenvalue weighted by Gasteiger charge is 2.40. The van der Waals surface area contributed by atoms with Gasteiger partial charge in [-0.1, -0.05) is 27.7 Å². The van der Waals surface area contributed by atoms with Crippen LogP contribution >= 0.6 is 0 Å². The van der Waals surface area contributed by atoms with Crippen LogP contribution < -0.4 is 20.1 Å². The lowest BCUT2D eigenvalue weighted by Gasteiger charge is -2.30. The van der Waals surface area contributed by atoms with E-state index in [1.54, 1.807) is 22.2 Å². The first-order valence-corrected chi connectivity index (χ1v) is 18.8. The van der Waals surface area contributed by atoms with Crippen LogP contribution in [0.2, 0.25) is 0 Å². The number of nitrogens with zero attached hydrogens (tertiary/aromatic N) is 4. The van der Waals surface area contributed by atoms with Gasteiger partial charge in [0.15, 0.2) is 0 Å².